The second kappa shape index (κ2) is 1.02. The minimum atomic E-state index is 1.32. The van der Waals surface area contributed by atoms with Crippen LogP contribution in [0, 0.1) is 6.42 Å². The first-order valence-electron chi connectivity index (χ1n) is 3.44. The summed E-state index contributed by atoms with van der Waals surface area (Å²) in [7, 11) is 0. The van der Waals surface area contributed by atoms with Crippen LogP contribution in [-0.4, -0.2) is 0 Å². The Morgan fingerprint density at radius 3 is 2.00 bits per heavy atom. The Kier molecular flexibility index (Phi) is 0.451. The van der Waals surface area contributed by atoms with Gasteiger partial charge in [-0.05, 0) is 12.8 Å². The summed E-state index contributed by atoms with van der Waals surface area (Å²) in [6.45, 7) is 0. The average Bonchev–Trinajstić information content (AvgIpc) is 2.53. The van der Waals surface area contributed by atoms with E-state index in [0.29, 0.717) is 0 Å². The number of hydrogen-bond donors (Lipinski definition) is 0. The molecule has 0 unspecified atom stereocenters. The minimum absolute atomic E-state index is 1.32. The average molecular weight is 115 g/mol. The van der Waals surface area contributed by atoms with Gasteiger partial charge in [0, 0.05) is 0 Å². The molecule has 1 aromatic rings. The summed E-state index contributed by atoms with van der Waals surface area (Å²) in [5.74, 6) is 0. The van der Waals surface area contributed by atoms with Crippen LogP contribution in [0.15, 0.2) is 12.1 Å². The highest BCUT2D eigenvalue weighted by molar-refractivity contribution is 5.63. The van der Waals surface area contributed by atoms with Gasteiger partial charge in [-0.2, -0.15) is 17.5 Å². The zero-order valence-corrected chi connectivity index (χ0v) is 5.15. The lowest BCUT2D eigenvalue weighted by molar-refractivity contribution is 0.841. The third-order valence-electron chi connectivity index (χ3n) is 2.30. The summed E-state index contributed by atoms with van der Waals surface area (Å²) >= 11 is 0. The van der Waals surface area contributed by atoms with E-state index in [0.717, 1.165) is 0 Å². The Morgan fingerprint density at radius 2 is 1.56 bits per heavy atom. The van der Waals surface area contributed by atoms with Gasteiger partial charge in [0.1, 0.15) is 0 Å². The molecule has 44 valence electrons. The van der Waals surface area contributed by atoms with Crippen LogP contribution in [0.3, 0.4) is 0 Å². The molecule has 0 saturated carbocycles. The summed E-state index contributed by atoms with van der Waals surface area (Å²) in [5, 5.41) is 0. The molecule has 1 aromatic carbocycles. The van der Waals surface area contributed by atoms with Gasteiger partial charge in [-0.1, -0.05) is 11.1 Å². The number of rotatable bonds is 0. The number of aryl methyl sites for hydroxylation is 2. The maximum Gasteiger partial charge on any atom is -0.0325 e. The Morgan fingerprint density at radius 1 is 1.00 bits per heavy atom. The zero-order valence-electron chi connectivity index (χ0n) is 5.15. The highest BCUT2D eigenvalue weighted by Crippen LogP contribution is 2.37. The molecular formula is C9H7-. The standard InChI is InChI=1S/C9H7/c1-2-7-4-9-5-8(9)3-6(1)7/h3-5H,1-2H2/q-1. The van der Waals surface area contributed by atoms with Gasteiger partial charge in [-0.15, -0.1) is 12.1 Å². The third kappa shape index (κ3) is 0.376. The van der Waals surface area contributed by atoms with Gasteiger partial charge >= 0.3 is 0 Å². The van der Waals surface area contributed by atoms with Gasteiger partial charge in [0.25, 0.3) is 0 Å². The van der Waals surface area contributed by atoms with Crippen LogP contribution in [-0.2, 0) is 12.8 Å². The van der Waals surface area contributed by atoms with Gasteiger partial charge in [-0.25, -0.2) is 0 Å². The topological polar surface area (TPSA) is 0 Å². The predicted octanol–water partition coefficient (Wildman–Crippen LogP) is 1.70. The van der Waals surface area contributed by atoms with Gasteiger partial charge in [0.15, 0.2) is 0 Å². The van der Waals surface area contributed by atoms with Crippen molar-refractivity contribution in [3.05, 3.63) is 40.8 Å². The molecular weight excluding hydrogens is 108 g/mol. The van der Waals surface area contributed by atoms with Crippen molar-refractivity contribution in [3.63, 3.8) is 0 Å². The van der Waals surface area contributed by atoms with Crippen LogP contribution in [0.25, 0.3) is 0 Å². The van der Waals surface area contributed by atoms with Crippen molar-refractivity contribution in [1.29, 1.82) is 0 Å². The SMILES string of the molecule is c1c2c(cc3c1CC3)[CH-]2. The number of hydrogen-bond acceptors (Lipinski definition) is 0. The van der Waals surface area contributed by atoms with Crippen molar-refractivity contribution in [2.24, 2.45) is 0 Å². The van der Waals surface area contributed by atoms with Crippen molar-refractivity contribution in [2.75, 3.05) is 0 Å². The lowest BCUT2D eigenvalue weighted by atomic mass is 9.89. The number of benzene rings is 1. The summed E-state index contributed by atoms with van der Waals surface area (Å²) in [4.78, 5) is 0. The van der Waals surface area contributed by atoms with E-state index >= 15 is 0 Å². The van der Waals surface area contributed by atoms with Gasteiger partial charge in [-0.3, -0.25) is 0 Å². The molecule has 0 bridgehead atoms. The van der Waals surface area contributed by atoms with Crippen molar-refractivity contribution < 1.29 is 0 Å². The van der Waals surface area contributed by atoms with Crippen LogP contribution in [0.4, 0.5) is 0 Å². The Bertz CT molecular complexity index is 255. The van der Waals surface area contributed by atoms with Gasteiger partial charge in [0.05, 0.1) is 0 Å². The first-order chi connectivity index (χ1) is 4.43. The molecule has 0 aromatic heterocycles. The lowest BCUT2D eigenvalue weighted by Crippen LogP contribution is -2.06. The summed E-state index contributed by atoms with van der Waals surface area (Å²) in [6, 6.07) is 4.66. The molecule has 9 heavy (non-hydrogen) atoms. The monoisotopic (exact) mass is 115 g/mol. The molecule has 0 aliphatic heterocycles. The first kappa shape index (κ1) is 3.99. The molecule has 0 fully saturated rings. The van der Waals surface area contributed by atoms with Gasteiger partial charge < -0.3 is 0 Å². The minimum Gasteiger partial charge on any atom is -0.193 e. The maximum absolute atomic E-state index is 2.33. The molecule has 0 atom stereocenters. The van der Waals surface area contributed by atoms with Crippen LogP contribution >= 0.6 is 0 Å². The fraction of sp³-hybridized carbons (Fsp3) is 0.222. The van der Waals surface area contributed by atoms with E-state index in [4.69, 9.17) is 0 Å². The van der Waals surface area contributed by atoms with E-state index in [-0.39, 0.29) is 0 Å². The Hall–Kier alpha value is -0.910. The molecule has 0 spiro atoms. The summed E-state index contributed by atoms with van der Waals surface area (Å²) in [5.41, 5.74) is 6.13. The van der Waals surface area contributed by atoms with E-state index in [1.807, 2.05) is 0 Å². The fourth-order valence-electron chi connectivity index (χ4n) is 1.50. The first-order valence-corrected chi connectivity index (χ1v) is 3.44. The lowest BCUT2D eigenvalue weighted by Gasteiger charge is -2.20. The normalized spacial score (nSPS) is 16.9. The highest BCUT2D eigenvalue weighted by atomic mass is 14.3. The van der Waals surface area contributed by atoms with E-state index in [1.165, 1.54) is 24.0 Å². The second-order valence-corrected chi connectivity index (χ2v) is 2.89. The molecule has 0 heterocycles. The fourth-order valence-corrected chi connectivity index (χ4v) is 1.50. The molecule has 0 heteroatoms. The summed E-state index contributed by atoms with van der Waals surface area (Å²) in [6.07, 6.45) is 4.88. The second-order valence-electron chi connectivity index (χ2n) is 2.89. The van der Waals surface area contributed by atoms with Crippen molar-refractivity contribution in [2.45, 2.75) is 12.8 Å². The molecule has 2 aliphatic rings. The largest absolute Gasteiger partial charge is 0.193 e. The van der Waals surface area contributed by atoms with Gasteiger partial charge in [0.2, 0.25) is 0 Å². The Balaban J connectivity index is 2.38. The highest BCUT2D eigenvalue weighted by Gasteiger charge is 2.13. The smallest absolute Gasteiger partial charge is 0.0325 e. The van der Waals surface area contributed by atoms with Crippen LogP contribution < -0.4 is 0 Å². The van der Waals surface area contributed by atoms with Crippen LogP contribution in [0.5, 0.6) is 0 Å². The predicted molar refractivity (Wildman–Crippen MR) is 36.4 cm³/mol. The van der Waals surface area contributed by atoms with Crippen LogP contribution in [0.1, 0.15) is 22.3 Å². The third-order valence-corrected chi connectivity index (χ3v) is 2.30. The molecule has 0 amide bonds. The molecule has 0 radical (unpaired) electrons. The zero-order chi connectivity index (χ0) is 5.84. The van der Waals surface area contributed by atoms with Crippen molar-refractivity contribution >= 4 is 0 Å². The molecule has 3 rings (SSSR count). The maximum atomic E-state index is 2.33. The summed E-state index contributed by atoms with van der Waals surface area (Å²) < 4.78 is 0. The van der Waals surface area contributed by atoms with Crippen molar-refractivity contribution in [3.8, 4) is 0 Å². The molecule has 0 nitrogen and oxygen atoms in total. The molecule has 0 saturated heterocycles. The van der Waals surface area contributed by atoms with E-state index < -0.39 is 0 Å². The van der Waals surface area contributed by atoms with E-state index in [9.17, 15) is 0 Å². The molecule has 2 aliphatic carbocycles. The number of fused-ring (bicyclic) bond motifs is 2. The van der Waals surface area contributed by atoms with E-state index in [1.54, 1.807) is 11.1 Å². The Labute approximate surface area is 54.5 Å². The van der Waals surface area contributed by atoms with E-state index in [2.05, 4.69) is 18.6 Å². The van der Waals surface area contributed by atoms with Crippen molar-refractivity contribution in [1.82, 2.24) is 0 Å². The molecule has 0 N–H and O–H groups in total. The van der Waals surface area contributed by atoms with Crippen LogP contribution in [0.2, 0.25) is 0 Å². The quantitative estimate of drug-likeness (QED) is 0.458.